The first kappa shape index (κ1) is 13.8. The van der Waals surface area contributed by atoms with Gasteiger partial charge in [-0.3, -0.25) is 0 Å². The molecular formula is C13H14Cl2N4O. The third-order valence-electron chi connectivity index (χ3n) is 3.86. The number of rotatable bonds is 4. The Bertz CT molecular complexity index is 619. The summed E-state index contributed by atoms with van der Waals surface area (Å²) in [5.74, 6) is 0.964. The summed E-state index contributed by atoms with van der Waals surface area (Å²) in [5.41, 5.74) is 6.44. The van der Waals surface area contributed by atoms with Crippen molar-refractivity contribution in [1.82, 2.24) is 15.1 Å². The number of pyridine rings is 1. The molecular weight excluding hydrogens is 299 g/mol. The van der Waals surface area contributed by atoms with Crippen molar-refractivity contribution in [3.63, 3.8) is 0 Å². The molecule has 1 aliphatic carbocycles. The molecule has 106 valence electrons. The minimum atomic E-state index is 0.126. The summed E-state index contributed by atoms with van der Waals surface area (Å²) >= 11 is 11.9. The van der Waals surface area contributed by atoms with E-state index in [1.807, 2.05) is 0 Å². The van der Waals surface area contributed by atoms with Crippen LogP contribution in [0.5, 0.6) is 0 Å². The van der Waals surface area contributed by atoms with Gasteiger partial charge in [0.1, 0.15) is 5.69 Å². The maximum Gasteiger partial charge on any atom is 0.227 e. The number of hydrogen-bond acceptors (Lipinski definition) is 5. The van der Waals surface area contributed by atoms with Crippen molar-refractivity contribution >= 4 is 23.2 Å². The lowest BCUT2D eigenvalue weighted by Gasteiger charge is -2.39. The van der Waals surface area contributed by atoms with E-state index >= 15 is 0 Å². The first-order valence-corrected chi connectivity index (χ1v) is 7.22. The summed E-state index contributed by atoms with van der Waals surface area (Å²) in [5, 5.41) is 4.81. The van der Waals surface area contributed by atoms with E-state index in [1.165, 1.54) is 12.6 Å². The molecule has 0 aliphatic heterocycles. The first-order valence-electron chi connectivity index (χ1n) is 6.46. The summed E-state index contributed by atoms with van der Waals surface area (Å²) in [4.78, 5) is 8.50. The third-order valence-corrected chi connectivity index (χ3v) is 4.36. The topological polar surface area (TPSA) is 77.8 Å². The lowest BCUT2D eigenvalue weighted by atomic mass is 9.67. The second-order valence-corrected chi connectivity index (χ2v) is 6.07. The van der Waals surface area contributed by atoms with E-state index in [0.29, 0.717) is 40.4 Å². The molecule has 0 atom stereocenters. The molecule has 0 spiro atoms. The van der Waals surface area contributed by atoms with Crippen LogP contribution in [0.15, 0.2) is 16.8 Å². The van der Waals surface area contributed by atoms with Gasteiger partial charge in [-0.2, -0.15) is 4.98 Å². The molecule has 5 nitrogen and oxygen atoms in total. The third kappa shape index (κ3) is 2.53. The molecule has 1 saturated carbocycles. The van der Waals surface area contributed by atoms with Gasteiger partial charge in [0.15, 0.2) is 0 Å². The Hall–Kier alpha value is -1.17. The predicted molar refractivity (Wildman–Crippen MR) is 76.6 cm³/mol. The average Bonchev–Trinajstić information content (AvgIpc) is 2.82. The zero-order valence-corrected chi connectivity index (χ0v) is 12.3. The van der Waals surface area contributed by atoms with Crippen LogP contribution >= 0.6 is 23.2 Å². The Balaban J connectivity index is 1.83. The van der Waals surface area contributed by atoms with Gasteiger partial charge >= 0.3 is 0 Å². The van der Waals surface area contributed by atoms with E-state index in [9.17, 15) is 0 Å². The van der Waals surface area contributed by atoms with Crippen LogP contribution in [0.4, 0.5) is 0 Å². The largest absolute Gasteiger partial charge is 0.339 e. The minimum Gasteiger partial charge on any atom is -0.339 e. The lowest BCUT2D eigenvalue weighted by Crippen LogP contribution is -2.39. The quantitative estimate of drug-likeness (QED) is 0.938. The Morgan fingerprint density at radius 2 is 2.15 bits per heavy atom. The molecule has 2 heterocycles. The molecule has 2 aromatic heterocycles. The number of hydrogen-bond donors (Lipinski definition) is 1. The van der Waals surface area contributed by atoms with Gasteiger partial charge in [-0.15, -0.1) is 0 Å². The van der Waals surface area contributed by atoms with Crippen LogP contribution in [0, 0.1) is 5.41 Å². The van der Waals surface area contributed by atoms with Crippen LogP contribution < -0.4 is 5.73 Å². The maximum absolute atomic E-state index is 6.08. The van der Waals surface area contributed by atoms with Crippen molar-refractivity contribution in [3.8, 4) is 11.5 Å². The zero-order chi connectivity index (χ0) is 14.2. The van der Waals surface area contributed by atoms with Crippen LogP contribution in [0.25, 0.3) is 11.5 Å². The smallest absolute Gasteiger partial charge is 0.227 e. The highest BCUT2D eigenvalue weighted by Gasteiger charge is 2.37. The molecule has 1 aliphatic rings. The second-order valence-electron chi connectivity index (χ2n) is 5.23. The predicted octanol–water partition coefficient (Wildman–Crippen LogP) is 3.11. The van der Waals surface area contributed by atoms with Gasteiger partial charge < -0.3 is 10.3 Å². The van der Waals surface area contributed by atoms with Crippen LogP contribution in [-0.2, 0) is 6.42 Å². The number of nitrogens with two attached hydrogens (primary N) is 1. The molecule has 20 heavy (non-hydrogen) atoms. The lowest BCUT2D eigenvalue weighted by molar-refractivity contribution is 0.129. The number of aromatic nitrogens is 3. The Morgan fingerprint density at radius 3 is 2.75 bits per heavy atom. The van der Waals surface area contributed by atoms with Crippen molar-refractivity contribution < 1.29 is 4.52 Å². The van der Waals surface area contributed by atoms with Gasteiger partial charge in [0.05, 0.1) is 10.0 Å². The molecule has 0 aromatic carbocycles. The molecule has 2 N–H and O–H groups in total. The molecule has 7 heteroatoms. The van der Waals surface area contributed by atoms with Crippen molar-refractivity contribution in [3.05, 3.63) is 28.2 Å². The second kappa shape index (κ2) is 5.31. The van der Waals surface area contributed by atoms with E-state index in [2.05, 4.69) is 15.1 Å². The Kier molecular flexibility index (Phi) is 3.67. The van der Waals surface area contributed by atoms with Gasteiger partial charge in [0.25, 0.3) is 0 Å². The maximum atomic E-state index is 6.08. The Morgan fingerprint density at radius 1 is 1.35 bits per heavy atom. The van der Waals surface area contributed by atoms with E-state index < -0.39 is 0 Å². The highest BCUT2D eigenvalue weighted by molar-refractivity contribution is 6.35. The molecule has 2 aromatic rings. The molecule has 1 fully saturated rings. The summed E-state index contributed by atoms with van der Waals surface area (Å²) in [6.07, 6.45) is 5.65. The SMILES string of the molecule is NCC1(Cc2nc(-c3ncc(Cl)cc3Cl)no2)CCC1. The van der Waals surface area contributed by atoms with E-state index in [1.54, 1.807) is 6.07 Å². The highest BCUT2D eigenvalue weighted by atomic mass is 35.5. The molecule has 0 unspecified atom stereocenters. The van der Waals surface area contributed by atoms with Crippen LogP contribution in [0.3, 0.4) is 0 Å². The van der Waals surface area contributed by atoms with Gasteiger partial charge in [-0.25, -0.2) is 4.98 Å². The van der Waals surface area contributed by atoms with Crippen molar-refractivity contribution in [2.45, 2.75) is 25.7 Å². The van der Waals surface area contributed by atoms with Gasteiger partial charge in [0, 0.05) is 12.6 Å². The number of nitrogens with zero attached hydrogens (tertiary/aromatic N) is 3. The van der Waals surface area contributed by atoms with E-state index in [0.717, 1.165) is 12.8 Å². The summed E-state index contributed by atoms with van der Waals surface area (Å²) in [6, 6.07) is 1.61. The number of halogens is 2. The molecule has 0 amide bonds. The van der Waals surface area contributed by atoms with Gasteiger partial charge in [-0.05, 0) is 30.9 Å². The fourth-order valence-electron chi connectivity index (χ4n) is 2.45. The van der Waals surface area contributed by atoms with E-state index in [4.69, 9.17) is 33.5 Å². The van der Waals surface area contributed by atoms with Gasteiger partial charge in [-0.1, -0.05) is 34.8 Å². The molecule has 3 rings (SSSR count). The summed E-state index contributed by atoms with van der Waals surface area (Å²) in [7, 11) is 0. The van der Waals surface area contributed by atoms with Crippen molar-refractivity contribution in [2.75, 3.05) is 6.54 Å². The van der Waals surface area contributed by atoms with Crippen LogP contribution in [0.1, 0.15) is 25.2 Å². The summed E-state index contributed by atoms with van der Waals surface area (Å²) < 4.78 is 5.29. The fraction of sp³-hybridized carbons (Fsp3) is 0.462. The Labute approximate surface area is 126 Å². The van der Waals surface area contributed by atoms with E-state index in [-0.39, 0.29) is 5.41 Å². The average molecular weight is 313 g/mol. The fourth-order valence-corrected chi connectivity index (χ4v) is 2.92. The van der Waals surface area contributed by atoms with Gasteiger partial charge in [0.2, 0.25) is 11.7 Å². The van der Waals surface area contributed by atoms with Crippen molar-refractivity contribution in [2.24, 2.45) is 11.1 Å². The zero-order valence-electron chi connectivity index (χ0n) is 10.8. The summed E-state index contributed by atoms with van der Waals surface area (Å²) in [6.45, 7) is 0.644. The monoisotopic (exact) mass is 312 g/mol. The normalized spacial score (nSPS) is 16.9. The first-order chi connectivity index (χ1) is 9.62. The molecule has 0 bridgehead atoms. The molecule has 0 saturated heterocycles. The minimum absolute atomic E-state index is 0.126. The van der Waals surface area contributed by atoms with Crippen LogP contribution in [0.2, 0.25) is 10.0 Å². The molecule has 0 radical (unpaired) electrons. The van der Waals surface area contributed by atoms with Crippen molar-refractivity contribution in [1.29, 1.82) is 0 Å². The highest BCUT2D eigenvalue weighted by Crippen LogP contribution is 2.42. The van der Waals surface area contributed by atoms with Crippen LogP contribution in [-0.4, -0.2) is 21.7 Å². The standard InChI is InChI=1S/C13H14Cl2N4O/c14-8-4-9(15)11(17-6-8)12-18-10(20-19-12)5-13(7-16)2-1-3-13/h4,6H,1-3,5,7,16H2.